The lowest BCUT2D eigenvalue weighted by molar-refractivity contribution is 0.0978. The second kappa shape index (κ2) is 2.81. The highest BCUT2D eigenvalue weighted by atomic mass is 32.2. The molecule has 0 atom stereocenters. The van der Waals surface area contributed by atoms with Crippen LogP contribution in [-0.4, -0.2) is 14.3 Å². The van der Waals surface area contributed by atoms with Crippen molar-refractivity contribution in [2.45, 2.75) is 12.7 Å². The van der Waals surface area contributed by atoms with Crippen LogP contribution in [0.1, 0.15) is 21.5 Å². The van der Waals surface area contributed by atoms with E-state index >= 15 is 0 Å². The monoisotopic (exact) mass is 211 g/mol. The standard InChI is InChI=1S/C9H9NO3S/c1-6-2-3-7-5-14(12,13)10-9(11)8(7)4-6/h2-4H,5H2,1H3,(H,10,11). The number of hydrogen-bond donors (Lipinski definition) is 1. The second-order valence-corrected chi connectivity index (χ2v) is 5.07. The number of hydrogen-bond acceptors (Lipinski definition) is 3. The Balaban J connectivity index is 2.62. The summed E-state index contributed by atoms with van der Waals surface area (Å²) in [5.74, 6) is -0.649. The summed E-state index contributed by atoms with van der Waals surface area (Å²) < 4.78 is 24.3. The van der Waals surface area contributed by atoms with Crippen LogP contribution < -0.4 is 4.72 Å². The van der Waals surface area contributed by atoms with Crippen LogP contribution in [0.25, 0.3) is 0 Å². The molecule has 1 heterocycles. The molecule has 0 aliphatic carbocycles. The Bertz CT molecular complexity index is 505. The molecule has 1 amide bonds. The van der Waals surface area contributed by atoms with Gasteiger partial charge in [0.05, 0.1) is 5.75 Å². The molecule has 0 aromatic heterocycles. The van der Waals surface area contributed by atoms with Crippen molar-refractivity contribution < 1.29 is 13.2 Å². The molecule has 14 heavy (non-hydrogen) atoms. The molecule has 4 nitrogen and oxygen atoms in total. The van der Waals surface area contributed by atoms with Gasteiger partial charge in [0, 0.05) is 5.56 Å². The predicted octanol–water partition coefficient (Wildman–Crippen LogP) is 0.568. The molecule has 0 radical (unpaired) electrons. The Labute approximate surface area is 82.0 Å². The topological polar surface area (TPSA) is 63.2 Å². The molecule has 1 aromatic carbocycles. The molecule has 2 rings (SSSR count). The minimum absolute atomic E-state index is 0.117. The number of nitrogens with one attached hydrogen (secondary N) is 1. The summed E-state index contributed by atoms with van der Waals surface area (Å²) in [6.45, 7) is 1.86. The highest BCUT2D eigenvalue weighted by molar-refractivity contribution is 7.89. The first-order valence-corrected chi connectivity index (χ1v) is 5.77. The molecule has 0 saturated carbocycles. The number of aryl methyl sites for hydroxylation is 1. The molecule has 1 N–H and O–H groups in total. The number of carbonyl (C=O) groups excluding carboxylic acids is 1. The molecule has 1 aromatic rings. The lowest BCUT2D eigenvalue weighted by Crippen LogP contribution is -2.36. The van der Waals surface area contributed by atoms with Crippen LogP contribution in [0, 0.1) is 6.92 Å². The first-order valence-electron chi connectivity index (χ1n) is 4.12. The van der Waals surface area contributed by atoms with Crippen LogP contribution >= 0.6 is 0 Å². The van der Waals surface area contributed by atoms with Crippen molar-refractivity contribution in [3.63, 3.8) is 0 Å². The largest absolute Gasteiger partial charge is 0.268 e. The first kappa shape index (κ1) is 9.21. The molecule has 0 fully saturated rings. The number of sulfonamides is 1. The Morgan fingerprint density at radius 2 is 2.07 bits per heavy atom. The normalized spacial score (nSPS) is 18.5. The van der Waals surface area contributed by atoms with Crippen molar-refractivity contribution in [3.05, 3.63) is 34.9 Å². The third-order valence-electron chi connectivity index (χ3n) is 2.10. The van der Waals surface area contributed by atoms with Gasteiger partial charge in [0.2, 0.25) is 10.0 Å². The van der Waals surface area contributed by atoms with Crippen LogP contribution in [-0.2, 0) is 15.8 Å². The average molecular weight is 211 g/mol. The maximum absolute atomic E-state index is 11.4. The van der Waals surface area contributed by atoms with E-state index in [9.17, 15) is 13.2 Å². The Hall–Kier alpha value is -1.36. The first-order chi connectivity index (χ1) is 6.48. The zero-order valence-corrected chi connectivity index (χ0v) is 8.39. The Kier molecular flexibility index (Phi) is 1.85. The van der Waals surface area contributed by atoms with E-state index in [4.69, 9.17) is 0 Å². The van der Waals surface area contributed by atoms with Gasteiger partial charge in [0.1, 0.15) is 0 Å². The minimum atomic E-state index is -3.46. The van der Waals surface area contributed by atoms with Gasteiger partial charge in [0.25, 0.3) is 5.91 Å². The summed E-state index contributed by atoms with van der Waals surface area (Å²) in [6, 6.07) is 5.17. The number of fused-ring (bicyclic) bond motifs is 1. The van der Waals surface area contributed by atoms with E-state index in [2.05, 4.69) is 0 Å². The number of benzene rings is 1. The summed E-state index contributed by atoms with van der Waals surface area (Å²) in [6.07, 6.45) is 0. The lowest BCUT2D eigenvalue weighted by atomic mass is 10.1. The van der Waals surface area contributed by atoms with Gasteiger partial charge in [-0.1, -0.05) is 17.7 Å². The van der Waals surface area contributed by atoms with Gasteiger partial charge in [-0.2, -0.15) is 0 Å². The van der Waals surface area contributed by atoms with Crippen LogP contribution in [0.15, 0.2) is 18.2 Å². The molecule has 1 aliphatic heterocycles. The van der Waals surface area contributed by atoms with E-state index < -0.39 is 15.9 Å². The van der Waals surface area contributed by atoms with Crippen LogP contribution in [0.5, 0.6) is 0 Å². The molecule has 1 aliphatic rings. The maximum atomic E-state index is 11.4. The number of amides is 1. The van der Waals surface area contributed by atoms with Crippen molar-refractivity contribution in [3.8, 4) is 0 Å². The second-order valence-electron chi connectivity index (χ2n) is 3.35. The molecular weight excluding hydrogens is 202 g/mol. The van der Waals surface area contributed by atoms with Gasteiger partial charge >= 0.3 is 0 Å². The van der Waals surface area contributed by atoms with Crippen LogP contribution in [0.4, 0.5) is 0 Å². The van der Waals surface area contributed by atoms with E-state index in [0.29, 0.717) is 11.1 Å². The Morgan fingerprint density at radius 3 is 2.79 bits per heavy atom. The van der Waals surface area contributed by atoms with Gasteiger partial charge < -0.3 is 0 Å². The third-order valence-corrected chi connectivity index (χ3v) is 3.29. The molecular formula is C9H9NO3S. The van der Waals surface area contributed by atoms with Gasteiger partial charge in [0.15, 0.2) is 0 Å². The quantitative estimate of drug-likeness (QED) is 0.682. The summed E-state index contributed by atoms with van der Waals surface area (Å²) in [7, 11) is -3.46. The van der Waals surface area contributed by atoms with E-state index in [1.54, 1.807) is 18.2 Å². The van der Waals surface area contributed by atoms with Crippen molar-refractivity contribution in [1.82, 2.24) is 4.72 Å². The van der Waals surface area contributed by atoms with Gasteiger partial charge in [-0.15, -0.1) is 0 Å². The number of carbonyl (C=O) groups is 1. The third kappa shape index (κ3) is 1.50. The smallest absolute Gasteiger partial charge is 0.265 e. The Morgan fingerprint density at radius 1 is 1.36 bits per heavy atom. The predicted molar refractivity (Wildman–Crippen MR) is 51.3 cm³/mol. The zero-order valence-electron chi connectivity index (χ0n) is 7.57. The molecule has 0 unspecified atom stereocenters. The van der Waals surface area contributed by atoms with E-state index in [0.717, 1.165) is 5.56 Å². The SMILES string of the molecule is Cc1ccc2c(c1)C(=O)NS(=O)(=O)C2. The molecule has 74 valence electrons. The fourth-order valence-electron chi connectivity index (χ4n) is 1.46. The highest BCUT2D eigenvalue weighted by Crippen LogP contribution is 2.18. The molecule has 5 heteroatoms. The summed E-state index contributed by atoms with van der Waals surface area (Å²) in [5, 5.41) is 0. The fourth-order valence-corrected chi connectivity index (χ4v) is 2.59. The summed E-state index contributed by atoms with van der Waals surface area (Å²) in [4.78, 5) is 11.4. The zero-order chi connectivity index (χ0) is 10.3. The lowest BCUT2D eigenvalue weighted by Gasteiger charge is -2.16. The van der Waals surface area contributed by atoms with Gasteiger partial charge in [-0.3, -0.25) is 4.79 Å². The van der Waals surface area contributed by atoms with E-state index in [-0.39, 0.29) is 5.75 Å². The maximum Gasteiger partial charge on any atom is 0.265 e. The van der Waals surface area contributed by atoms with Crippen molar-refractivity contribution in [2.75, 3.05) is 0 Å². The van der Waals surface area contributed by atoms with Crippen molar-refractivity contribution in [2.24, 2.45) is 0 Å². The van der Waals surface area contributed by atoms with Gasteiger partial charge in [-0.05, 0) is 18.6 Å². The van der Waals surface area contributed by atoms with Gasteiger partial charge in [-0.25, -0.2) is 13.1 Å². The molecule has 0 bridgehead atoms. The minimum Gasteiger partial charge on any atom is -0.268 e. The van der Waals surface area contributed by atoms with E-state index in [1.807, 2.05) is 11.6 Å². The average Bonchev–Trinajstić information content (AvgIpc) is 2.05. The summed E-state index contributed by atoms with van der Waals surface area (Å²) in [5.41, 5.74) is 1.97. The molecule has 0 spiro atoms. The highest BCUT2D eigenvalue weighted by Gasteiger charge is 2.26. The van der Waals surface area contributed by atoms with E-state index in [1.165, 1.54) is 0 Å². The van der Waals surface area contributed by atoms with Crippen molar-refractivity contribution >= 4 is 15.9 Å². The molecule has 0 saturated heterocycles. The fraction of sp³-hybridized carbons (Fsp3) is 0.222. The van der Waals surface area contributed by atoms with Crippen molar-refractivity contribution in [1.29, 1.82) is 0 Å². The number of rotatable bonds is 0. The van der Waals surface area contributed by atoms with Crippen LogP contribution in [0.2, 0.25) is 0 Å². The van der Waals surface area contributed by atoms with Crippen LogP contribution in [0.3, 0.4) is 0 Å². The summed E-state index contributed by atoms with van der Waals surface area (Å²) >= 11 is 0.